The third-order valence-electron chi connectivity index (χ3n) is 5.41. The monoisotopic (exact) mass is 392 g/mol. The molecule has 2 aromatic rings. The van der Waals surface area contributed by atoms with Crippen LogP contribution in [0.15, 0.2) is 27.6 Å². The Bertz CT molecular complexity index is 929. The third kappa shape index (κ3) is 3.40. The molecule has 0 bridgehead atoms. The van der Waals surface area contributed by atoms with E-state index in [4.69, 9.17) is 15.0 Å². The molecule has 1 aliphatic heterocycles. The van der Waals surface area contributed by atoms with Gasteiger partial charge in [-0.15, -0.1) is 0 Å². The summed E-state index contributed by atoms with van der Waals surface area (Å²) in [5.41, 5.74) is 7.34. The van der Waals surface area contributed by atoms with Gasteiger partial charge in [0.25, 0.3) is 5.89 Å². The van der Waals surface area contributed by atoms with Gasteiger partial charge in [-0.05, 0) is 37.5 Å². The first-order chi connectivity index (χ1) is 12.9. The Morgan fingerprint density at radius 3 is 2.59 bits per heavy atom. The summed E-state index contributed by atoms with van der Waals surface area (Å²) in [6, 6.07) is 4.98. The number of benzene rings is 1. The summed E-state index contributed by atoms with van der Waals surface area (Å²) in [7, 11) is -3.59. The van der Waals surface area contributed by atoms with Crippen molar-refractivity contribution in [1.82, 2.24) is 14.4 Å². The maximum absolute atomic E-state index is 12.9. The summed E-state index contributed by atoms with van der Waals surface area (Å²) in [4.78, 5) is 4.72. The van der Waals surface area contributed by atoms with Gasteiger partial charge in [0.15, 0.2) is 5.82 Å². The highest BCUT2D eigenvalue weighted by Gasteiger charge is 2.36. The average Bonchev–Trinajstić information content (AvgIpc) is 3.33. The van der Waals surface area contributed by atoms with Crippen molar-refractivity contribution in [2.75, 3.05) is 26.3 Å². The molecule has 4 rings (SSSR count). The van der Waals surface area contributed by atoms with Crippen LogP contribution in [0.5, 0.6) is 0 Å². The van der Waals surface area contributed by atoms with Gasteiger partial charge < -0.3 is 15.0 Å². The highest BCUT2D eigenvalue weighted by atomic mass is 32.2. The molecule has 2 fully saturated rings. The largest absolute Gasteiger partial charge is 0.379 e. The lowest BCUT2D eigenvalue weighted by Crippen LogP contribution is -2.40. The minimum atomic E-state index is -3.59. The maximum atomic E-state index is 12.9. The molecule has 1 saturated heterocycles. The van der Waals surface area contributed by atoms with E-state index < -0.39 is 15.6 Å². The lowest BCUT2D eigenvalue weighted by molar-refractivity contribution is 0.0730. The number of hydrogen-bond acceptors (Lipinski definition) is 7. The first-order valence-corrected chi connectivity index (χ1v) is 10.7. The van der Waals surface area contributed by atoms with Crippen LogP contribution in [-0.4, -0.2) is 49.2 Å². The van der Waals surface area contributed by atoms with Crippen molar-refractivity contribution in [3.63, 3.8) is 0 Å². The second-order valence-electron chi connectivity index (χ2n) is 7.28. The quantitative estimate of drug-likeness (QED) is 0.844. The summed E-state index contributed by atoms with van der Waals surface area (Å²) in [6.45, 7) is 3.41. The number of aryl methyl sites for hydroxylation is 1. The molecule has 9 heteroatoms. The average molecular weight is 392 g/mol. The van der Waals surface area contributed by atoms with Gasteiger partial charge in [0.2, 0.25) is 10.0 Å². The minimum Gasteiger partial charge on any atom is -0.379 e. The summed E-state index contributed by atoms with van der Waals surface area (Å²) in [5, 5.41) is 4.08. The molecule has 27 heavy (non-hydrogen) atoms. The number of aromatic nitrogens is 2. The van der Waals surface area contributed by atoms with Crippen molar-refractivity contribution in [3.8, 4) is 11.5 Å². The van der Waals surface area contributed by atoms with E-state index in [1.165, 1.54) is 4.31 Å². The van der Waals surface area contributed by atoms with Gasteiger partial charge in [-0.25, -0.2) is 8.42 Å². The van der Waals surface area contributed by atoms with Crippen LogP contribution in [0.3, 0.4) is 0 Å². The Hall–Kier alpha value is -1.81. The Labute approximate surface area is 158 Å². The smallest absolute Gasteiger partial charge is 0.258 e. The van der Waals surface area contributed by atoms with Crippen LogP contribution in [0.25, 0.3) is 11.5 Å². The summed E-state index contributed by atoms with van der Waals surface area (Å²) >= 11 is 0. The molecule has 1 aromatic carbocycles. The molecule has 146 valence electrons. The molecule has 2 heterocycles. The van der Waals surface area contributed by atoms with E-state index in [-0.39, 0.29) is 4.90 Å². The van der Waals surface area contributed by atoms with Gasteiger partial charge in [-0.1, -0.05) is 24.1 Å². The van der Waals surface area contributed by atoms with Crippen LogP contribution in [0, 0.1) is 6.92 Å². The topological polar surface area (TPSA) is 112 Å². The Morgan fingerprint density at radius 2 is 1.89 bits per heavy atom. The van der Waals surface area contributed by atoms with E-state index in [0.29, 0.717) is 43.6 Å². The van der Waals surface area contributed by atoms with E-state index in [1.807, 2.05) is 6.92 Å². The Morgan fingerprint density at radius 1 is 1.19 bits per heavy atom. The number of ether oxygens (including phenoxy) is 1. The van der Waals surface area contributed by atoms with Crippen LogP contribution < -0.4 is 5.73 Å². The second-order valence-corrected chi connectivity index (χ2v) is 9.22. The zero-order valence-electron chi connectivity index (χ0n) is 15.3. The molecule has 0 radical (unpaired) electrons. The van der Waals surface area contributed by atoms with E-state index in [9.17, 15) is 8.42 Å². The fourth-order valence-corrected chi connectivity index (χ4v) is 5.13. The van der Waals surface area contributed by atoms with E-state index in [2.05, 4.69) is 10.1 Å². The molecule has 0 atom stereocenters. The highest BCUT2D eigenvalue weighted by Crippen LogP contribution is 2.36. The van der Waals surface area contributed by atoms with Crippen molar-refractivity contribution >= 4 is 10.0 Å². The van der Waals surface area contributed by atoms with E-state index in [1.54, 1.807) is 18.2 Å². The molecular formula is C18H24N4O4S. The van der Waals surface area contributed by atoms with Crippen LogP contribution in [0.4, 0.5) is 0 Å². The maximum Gasteiger partial charge on any atom is 0.258 e. The van der Waals surface area contributed by atoms with Gasteiger partial charge >= 0.3 is 0 Å². The summed E-state index contributed by atoms with van der Waals surface area (Å²) in [5.74, 6) is 0.800. The Balaban J connectivity index is 1.68. The molecular weight excluding hydrogens is 368 g/mol. The summed E-state index contributed by atoms with van der Waals surface area (Å²) in [6.07, 6.45) is 3.76. The lowest BCUT2D eigenvalue weighted by Gasteiger charge is -2.26. The highest BCUT2D eigenvalue weighted by molar-refractivity contribution is 7.89. The number of nitrogens with zero attached hydrogens (tertiary/aromatic N) is 3. The van der Waals surface area contributed by atoms with Gasteiger partial charge in [0.1, 0.15) is 0 Å². The number of nitrogens with two attached hydrogens (primary N) is 1. The number of hydrogen-bond donors (Lipinski definition) is 1. The molecule has 0 spiro atoms. The van der Waals surface area contributed by atoms with Crippen LogP contribution >= 0.6 is 0 Å². The fourth-order valence-electron chi connectivity index (χ4n) is 3.69. The molecule has 8 nitrogen and oxygen atoms in total. The standard InChI is InChI=1S/C18H24N4O4S/c1-13-4-5-14(27(23,24)22-8-10-25-11-9-22)12-15(13)16-20-17(21-26-16)18(19)6-2-3-7-18/h4-5,12H,2-3,6-11,19H2,1H3. The predicted octanol–water partition coefficient (Wildman–Crippen LogP) is 1.79. The van der Waals surface area contributed by atoms with Crippen molar-refractivity contribution in [2.45, 2.75) is 43.0 Å². The second kappa shape index (κ2) is 6.97. The van der Waals surface area contributed by atoms with Gasteiger partial charge in [-0.2, -0.15) is 9.29 Å². The molecule has 2 N–H and O–H groups in total. The van der Waals surface area contributed by atoms with Gasteiger partial charge in [-0.3, -0.25) is 0 Å². The first-order valence-electron chi connectivity index (χ1n) is 9.22. The van der Waals surface area contributed by atoms with Crippen LogP contribution in [-0.2, 0) is 20.3 Å². The normalized spacial score (nSPS) is 20.8. The van der Waals surface area contributed by atoms with Crippen molar-refractivity contribution in [1.29, 1.82) is 0 Å². The molecule has 1 aromatic heterocycles. The lowest BCUT2D eigenvalue weighted by atomic mass is 9.98. The van der Waals surface area contributed by atoms with Gasteiger partial charge in [0, 0.05) is 18.7 Å². The fraction of sp³-hybridized carbons (Fsp3) is 0.556. The molecule has 1 saturated carbocycles. The van der Waals surface area contributed by atoms with Crippen LogP contribution in [0.1, 0.15) is 37.1 Å². The molecule has 0 unspecified atom stereocenters. The first kappa shape index (κ1) is 18.5. The van der Waals surface area contributed by atoms with Crippen LogP contribution in [0.2, 0.25) is 0 Å². The Kier molecular flexibility index (Phi) is 4.79. The number of morpholine rings is 1. The van der Waals surface area contributed by atoms with E-state index in [0.717, 1.165) is 31.2 Å². The van der Waals surface area contributed by atoms with Crippen molar-refractivity contribution in [3.05, 3.63) is 29.6 Å². The molecule has 0 amide bonds. The van der Waals surface area contributed by atoms with Gasteiger partial charge in [0.05, 0.1) is 23.6 Å². The minimum absolute atomic E-state index is 0.216. The van der Waals surface area contributed by atoms with Crippen molar-refractivity contribution < 1.29 is 17.7 Å². The van der Waals surface area contributed by atoms with E-state index >= 15 is 0 Å². The molecule has 1 aliphatic carbocycles. The predicted molar refractivity (Wildman–Crippen MR) is 98.4 cm³/mol. The number of sulfonamides is 1. The van der Waals surface area contributed by atoms with Crippen molar-refractivity contribution in [2.24, 2.45) is 5.73 Å². The molecule has 2 aliphatic rings. The zero-order valence-corrected chi connectivity index (χ0v) is 16.2. The SMILES string of the molecule is Cc1ccc(S(=O)(=O)N2CCOCC2)cc1-c1nc(C2(N)CCCC2)no1. The summed E-state index contributed by atoms with van der Waals surface area (Å²) < 4.78 is 38.0. The number of rotatable bonds is 4. The zero-order chi connectivity index (χ0) is 19.1. The third-order valence-corrected chi connectivity index (χ3v) is 7.31.